The number of nitrogens with one attached hydrogen (secondary N) is 1. The number of benzene rings is 1. The maximum atomic E-state index is 12.3. The number of hydrogen-bond donors (Lipinski definition) is 2. The molecule has 1 heterocycles. The molecule has 1 aliphatic carbocycles. The molecule has 1 amide bonds. The van der Waals surface area contributed by atoms with Crippen LogP contribution in [0.1, 0.15) is 36.2 Å². The van der Waals surface area contributed by atoms with E-state index in [0.717, 1.165) is 31.4 Å². The van der Waals surface area contributed by atoms with Gasteiger partial charge in [-0.05, 0) is 25.0 Å². The van der Waals surface area contributed by atoms with E-state index in [1.54, 1.807) is 17.1 Å². The number of amides is 1. The van der Waals surface area contributed by atoms with Crippen molar-refractivity contribution in [3.05, 3.63) is 48.5 Å². The smallest absolute Gasteiger partial charge is 0.270 e. The Morgan fingerprint density at radius 2 is 2.00 bits per heavy atom. The molecule has 0 atom stereocenters. The van der Waals surface area contributed by atoms with E-state index in [0.29, 0.717) is 12.2 Å². The van der Waals surface area contributed by atoms with Gasteiger partial charge >= 0.3 is 0 Å². The molecule has 5 nitrogen and oxygen atoms in total. The van der Waals surface area contributed by atoms with E-state index in [4.69, 9.17) is 0 Å². The summed E-state index contributed by atoms with van der Waals surface area (Å²) in [6.45, 7) is 0.297. The van der Waals surface area contributed by atoms with Crippen molar-refractivity contribution in [2.24, 2.45) is 0 Å². The maximum Gasteiger partial charge on any atom is 0.270 e. The minimum absolute atomic E-state index is 0.211. The molecule has 110 valence electrons. The van der Waals surface area contributed by atoms with Crippen molar-refractivity contribution in [1.29, 1.82) is 0 Å². The van der Waals surface area contributed by atoms with Crippen LogP contribution >= 0.6 is 0 Å². The molecule has 2 aromatic rings. The average Bonchev–Trinajstić information content (AvgIpc) is 3.15. The van der Waals surface area contributed by atoms with Gasteiger partial charge in [-0.3, -0.25) is 9.36 Å². The van der Waals surface area contributed by atoms with Crippen LogP contribution in [0.15, 0.2) is 42.9 Å². The highest BCUT2D eigenvalue weighted by atomic mass is 16.3. The molecule has 0 spiro atoms. The first-order valence-electron chi connectivity index (χ1n) is 7.26. The number of aromatic nitrogens is 2. The Balaban J connectivity index is 1.72. The molecule has 1 aliphatic rings. The van der Waals surface area contributed by atoms with Crippen LogP contribution in [-0.2, 0) is 0 Å². The Morgan fingerprint density at radius 3 is 2.71 bits per heavy atom. The lowest BCUT2D eigenvalue weighted by molar-refractivity contribution is 0.0448. The van der Waals surface area contributed by atoms with E-state index in [-0.39, 0.29) is 5.91 Å². The van der Waals surface area contributed by atoms with Gasteiger partial charge < -0.3 is 10.4 Å². The lowest BCUT2D eigenvalue weighted by Gasteiger charge is -2.22. The predicted octanol–water partition coefficient (Wildman–Crippen LogP) is 1.91. The molecule has 2 N–H and O–H groups in total. The number of rotatable bonds is 4. The maximum absolute atomic E-state index is 12.3. The summed E-state index contributed by atoms with van der Waals surface area (Å²) < 4.78 is 1.74. The molecule has 5 heteroatoms. The molecule has 1 saturated carbocycles. The van der Waals surface area contributed by atoms with E-state index in [1.807, 2.05) is 30.3 Å². The number of nitrogens with zero attached hydrogens (tertiary/aromatic N) is 2. The van der Waals surface area contributed by atoms with Crippen LogP contribution in [0.4, 0.5) is 0 Å². The summed E-state index contributed by atoms with van der Waals surface area (Å²) in [5.41, 5.74) is 0.621. The molecule has 0 bridgehead atoms. The van der Waals surface area contributed by atoms with Crippen molar-refractivity contribution in [3.63, 3.8) is 0 Å². The Labute approximate surface area is 123 Å². The van der Waals surface area contributed by atoms with E-state index in [1.165, 1.54) is 0 Å². The second kappa shape index (κ2) is 5.69. The van der Waals surface area contributed by atoms with Gasteiger partial charge in [0.2, 0.25) is 0 Å². The predicted molar refractivity (Wildman–Crippen MR) is 79.3 cm³/mol. The Hall–Kier alpha value is -2.14. The van der Waals surface area contributed by atoms with Crippen molar-refractivity contribution in [2.75, 3.05) is 6.54 Å². The van der Waals surface area contributed by atoms with Crippen LogP contribution in [0.5, 0.6) is 0 Å². The normalized spacial score (nSPS) is 16.8. The van der Waals surface area contributed by atoms with Crippen molar-refractivity contribution in [3.8, 4) is 5.69 Å². The molecule has 0 saturated heterocycles. The Morgan fingerprint density at radius 1 is 1.29 bits per heavy atom. The first kappa shape index (κ1) is 13.8. The summed E-state index contributed by atoms with van der Waals surface area (Å²) in [5.74, 6) is -0.211. The van der Waals surface area contributed by atoms with Gasteiger partial charge in [0.15, 0.2) is 0 Å². The minimum atomic E-state index is -0.743. The third kappa shape index (κ3) is 2.97. The van der Waals surface area contributed by atoms with Gasteiger partial charge in [-0.2, -0.15) is 0 Å². The van der Waals surface area contributed by atoms with Crippen molar-refractivity contribution < 1.29 is 9.90 Å². The third-order valence-corrected chi connectivity index (χ3v) is 4.02. The fourth-order valence-corrected chi connectivity index (χ4v) is 2.80. The van der Waals surface area contributed by atoms with Crippen LogP contribution < -0.4 is 5.32 Å². The number of carbonyl (C=O) groups is 1. The number of hydrogen-bond acceptors (Lipinski definition) is 3. The largest absolute Gasteiger partial charge is 0.388 e. The summed E-state index contributed by atoms with van der Waals surface area (Å²) in [7, 11) is 0. The summed E-state index contributed by atoms with van der Waals surface area (Å²) in [5, 5.41) is 13.1. The monoisotopic (exact) mass is 285 g/mol. The summed E-state index contributed by atoms with van der Waals surface area (Å²) in [4.78, 5) is 16.4. The average molecular weight is 285 g/mol. The first-order chi connectivity index (χ1) is 10.2. The fourth-order valence-electron chi connectivity index (χ4n) is 2.80. The van der Waals surface area contributed by atoms with Gasteiger partial charge in [0, 0.05) is 12.2 Å². The second-order valence-electron chi connectivity index (χ2n) is 5.60. The molecule has 0 unspecified atom stereocenters. The lowest BCUT2D eigenvalue weighted by atomic mass is 10.0. The van der Waals surface area contributed by atoms with Crippen molar-refractivity contribution >= 4 is 5.91 Å². The van der Waals surface area contributed by atoms with Crippen LogP contribution in [0.3, 0.4) is 0 Å². The second-order valence-corrected chi connectivity index (χ2v) is 5.60. The Kier molecular flexibility index (Phi) is 3.75. The zero-order valence-electron chi connectivity index (χ0n) is 11.8. The summed E-state index contributed by atoms with van der Waals surface area (Å²) >= 11 is 0. The minimum Gasteiger partial charge on any atom is -0.388 e. The molecule has 1 aromatic carbocycles. The molecule has 0 aliphatic heterocycles. The van der Waals surface area contributed by atoms with Gasteiger partial charge in [0.1, 0.15) is 5.69 Å². The standard InChI is InChI=1S/C16H19N3O2/c20-15(18-11-16(21)8-4-5-9-16)14-10-17-12-19(14)13-6-2-1-3-7-13/h1-3,6-7,10,12,21H,4-5,8-9,11H2,(H,18,20). The number of aliphatic hydroxyl groups is 1. The summed E-state index contributed by atoms with van der Waals surface area (Å²) in [6, 6.07) is 9.60. The molecular formula is C16H19N3O2. The Bertz CT molecular complexity index is 615. The van der Waals surface area contributed by atoms with Gasteiger partial charge in [-0.25, -0.2) is 4.98 Å². The van der Waals surface area contributed by atoms with E-state index >= 15 is 0 Å². The van der Waals surface area contributed by atoms with Crippen LogP contribution in [-0.4, -0.2) is 32.7 Å². The molecule has 3 rings (SSSR count). The summed E-state index contributed by atoms with van der Waals surface area (Å²) in [6.07, 6.45) is 6.72. The van der Waals surface area contributed by atoms with Crippen molar-refractivity contribution in [1.82, 2.24) is 14.9 Å². The van der Waals surface area contributed by atoms with Crippen LogP contribution in [0, 0.1) is 0 Å². The zero-order valence-corrected chi connectivity index (χ0v) is 11.8. The molecule has 1 aromatic heterocycles. The van der Waals surface area contributed by atoms with Gasteiger partial charge in [0.25, 0.3) is 5.91 Å². The number of para-hydroxylation sites is 1. The highest BCUT2D eigenvalue weighted by Gasteiger charge is 2.31. The lowest BCUT2D eigenvalue weighted by Crippen LogP contribution is -2.41. The zero-order chi connectivity index (χ0) is 14.7. The first-order valence-corrected chi connectivity index (χ1v) is 7.26. The molecule has 1 fully saturated rings. The highest BCUT2D eigenvalue weighted by Crippen LogP contribution is 2.28. The van der Waals surface area contributed by atoms with Crippen LogP contribution in [0.2, 0.25) is 0 Å². The van der Waals surface area contributed by atoms with Crippen molar-refractivity contribution in [2.45, 2.75) is 31.3 Å². The third-order valence-electron chi connectivity index (χ3n) is 4.02. The van der Waals surface area contributed by atoms with E-state index in [2.05, 4.69) is 10.3 Å². The topological polar surface area (TPSA) is 67.2 Å². The van der Waals surface area contributed by atoms with Gasteiger partial charge in [0.05, 0.1) is 18.1 Å². The number of imidazole rings is 1. The molecule has 0 radical (unpaired) electrons. The van der Waals surface area contributed by atoms with E-state index < -0.39 is 5.60 Å². The fraction of sp³-hybridized carbons (Fsp3) is 0.375. The molecular weight excluding hydrogens is 266 g/mol. The molecule has 21 heavy (non-hydrogen) atoms. The van der Waals surface area contributed by atoms with E-state index in [9.17, 15) is 9.90 Å². The van der Waals surface area contributed by atoms with Gasteiger partial charge in [-0.15, -0.1) is 0 Å². The van der Waals surface area contributed by atoms with Gasteiger partial charge in [-0.1, -0.05) is 31.0 Å². The quantitative estimate of drug-likeness (QED) is 0.901. The SMILES string of the molecule is O=C(NCC1(O)CCCC1)c1cncn1-c1ccccc1. The number of carbonyl (C=O) groups excluding carboxylic acids is 1. The highest BCUT2D eigenvalue weighted by molar-refractivity contribution is 5.93. The van der Waals surface area contributed by atoms with Crippen LogP contribution in [0.25, 0.3) is 5.69 Å².